The number of carbonyl (C=O) groups excluding carboxylic acids is 2. The van der Waals surface area contributed by atoms with Crippen molar-refractivity contribution in [1.82, 2.24) is 4.90 Å². The fourth-order valence-corrected chi connectivity index (χ4v) is 2.48. The van der Waals surface area contributed by atoms with Gasteiger partial charge in [-0.2, -0.15) is 0 Å². The molecule has 0 unspecified atom stereocenters. The Morgan fingerprint density at radius 2 is 1.67 bits per heavy atom. The SMILES string of the molecule is CCN(CC)c1ccc(NC(=O)CN(CCC(C)C)C(C)=O)cc1. The van der Waals surface area contributed by atoms with E-state index in [9.17, 15) is 9.59 Å². The van der Waals surface area contributed by atoms with E-state index < -0.39 is 0 Å². The van der Waals surface area contributed by atoms with Crippen molar-refractivity contribution in [3.05, 3.63) is 24.3 Å². The number of nitrogens with one attached hydrogen (secondary N) is 1. The summed E-state index contributed by atoms with van der Waals surface area (Å²) in [5.41, 5.74) is 1.89. The van der Waals surface area contributed by atoms with Crippen LogP contribution in [-0.4, -0.2) is 42.9 Å². The summed E-state index contributed by atoms with van der Waals surface area (Å²) in [7, 11) is 0. The number of benzene rings is 1. The third kappa shape index (κ3) is 6.60. The standard InChI is InChI=1S/C19H31N3O2/c1-6-21(7-2)18-10-8-17(9-11-18)20-19(24)14-22(16(5)23)13-12-15(3)4/h8-11,15H,6-7,12-14H2,1-5H3,(H,20,24). The minimum absolute atomic E-state index is 0.0670. The highest BCUT2D eigenvalue weighted by Crippen LogP contribution is 2.17. The van der Waals surface area contributed by atoms with Gasteiger partial charge in [-0.25, -0.2) is 0 Å². The maximum absolute atomic E-state index is 12.2. The lowest BCUT2D eigenvalue weighted by Crippen LogP contribution is -2.37. The van der Waals surface area contributed by atoms with Crippen molar-refractivity contribution >= 4 is 23.2 Å². The van der Waals surface area contributed by atoms with Gasteiger partial charge in [0, 0.05) is 37.9 Å². The van der Waals surface area contributed by atoms with E-state index in [1.165, 1.54) is 6.92 Å². The molecule has 1 aromatic carbocycles. The van der Waals surface area contributed by atoms with Gasteiger partial charge in [0.05, 0.1) is 6.54 Å². The third-order valence-corrected chi connectivity index (χ3v) is 4.04. The summed E-state index contributed by atoms with van der Waals surface area (Å²) >= 11 is 0. The summed E-state index contributed by atoms with van der Waals surface area (Å²) in [5, 5.41) is 2.87. The monoisotopic (exact) mass is 333 g/mol. The number of amides is 2. The van der Waals surface area contributed by atoms with E-state index in [0.717, 1.165) is 30.9 Å². The highest BCUT2D eigenvalue weighted by atomic mass is 16.2. The van der Waals surface area contributed by atoms with Gasteiger partial charge in [-0.05, 0) is 50.5 Å². The van der Waals surface area contributed by atoms with E-state index >= 15 is 0 Å². The van der Waals surface area contributed by atoms with Gasteiger partial charge in [0.1, 0.15) is 0 Å². The summed E-state index contributed by atoms with van der Waals surface area (Å²) < 4.78 is 0. The first-order valence-corrected chi connectivity index (χ1v) is 8.77. The molecule has 1 N–H and O–H groups in total. The lowest BCUT2D eigenvalue weighted by Gasteiger charge is -2.22. The van der Waals surface area contributed by atoms with Crippen LogP contribution in [0, 0.1) is 5.92 Å². The topological polar surface area (TPSA) is 52.7 Å². The molecule has 24 heavy (non-hydrogen) atoms. The molecule has 2 amide bonds. The van der Waals surface area contributed by atoms with E-state index in [1.807, 2.05) is 24.3 Å². The molecule has 0 radical (unpaired) electrons. The number of hydrogen-bond donors (Lipinski definition) is 1. The molecule has 0 aromatic heterocycles. The van der Waals surface area contributed by atoms with Crippen LogP contribution in [0.25, 0.3) is 0 Å². The fraction of sp³-hybridized carbons (Fsp3) is 0.579. The van der Waals surface area contributed by atoms with Crippen LogP contribution in [0.15, 0.2) is 24.3 Å². The largest absolute Gasteiger partial charge is 0.372 e. The summed E-state index contributed by atoms with van der Waals surface area (Å²) in [6.07, 6.45) is 0.894. The molecule has 0 heterocycles. The van der Waals surface area contributed by atoms with Gasteiger partial charge in [0.15, 0.2) is 0 Å². The number of nitrogens with zero attached hydrogens (tertiary/aromatic N) is 2. The first kappa shape index (κ1) is 20.0. The summed E-state index contributed by atoms with van der Waals surface area (Å²) in [5.74, 6) is 0.273. The molecule has 5 heteroatoms. The van der Waals surface area contributed by atoms with Crippen molar-refractivity contribution in [2.24, 2.45) is 5.92 Å². The molecule has 5 nitrogen and oxygen atoms in total. The van der Waals surface area contributed by atoms with Crippen molar-refractivity contribution in [3.63, 3.8) is 0 Å². The van der Waals surface area contributed by atoms with Gasteiger partial charge in [-0.1, -0.05) is 13.8 Å². The molecule has 1 aromatic rings. The molecule has 0 bridgehead atoms. The zero-order valence-electron chi connectivity index (χ0n) is 15.6. The lowest BCUT2D eigenvalue weighted by atomic mass is 10.1. The number of rotatable bonds is 9. The van der Waals surface area contributed by atoms with Crippen molar-refractivity contribution in [2.45, 2.75) is 41.0 Å². The molecule has 0 spiro atoms. The second-order valence-electron chi connectivity index (χ2n) is 6.39. The Labute approximate surface area is 146 Å². The van der Waals surface area contributed by atoms with Crippen LogP contribution in [-0.2, 0) is 9.59 Å². The number of hydrogen-bond acceptors (Lipinski definition) is 3. The van der Waals surface area contributed by atoms with Gasteiger partial charge in [-0.3, -0.25) is 9.59 Å². The Morgan fingerprint density at radius 1 is 1.08 bits per heavy atom. The Morgan fingerprint density at radius 3 is 2.12 bits per heavy atom. The van der Waals surface area contributed by atoms with Gasteiger partial charge in [0.2, 0.25) is 11.8 Å². The molecule has 134 valence electrons. The molecule has 0 aliphatic heterocycles. The Hall–Kier alpha value is -2.04. The molecule has 0 saturated heterocycles. The second kappa shape index (κ2) is 9.96. The summed E-state index contributed by atoms with van der Waals surface area (Å²) in [6, 6.07) is 7.81. The van der Waals surface area contributed by atoms with Crippen LogP contribution in [0.2, 0.25) is 0 Å². The summed E-state index contributed by atoms with van der Waals surface area (Å²) in [6.45, 7) is 12.6. The second-order valence-corrected chi connectivity index (χ2v) is 6.39. The number of anilines is 2. The lowest BCUT2D eigenvalue weighted by molar-refractivity contribution is -0.132. The highest BCUT2D eigenvalue weighted by molar-refractivity contribution is 5.94. The van der Waals surface area contributed by atoms with Crippen LogP contribution in [0.3, 0.4) is 0 Å². The molecule has 0 saturated carbocycles. The number of carbonyl (C=O) groups is 2. The van der Waals surface area contributed by atoms with Gasteiger partial charge in [0.25, 0.3) is 0 Å². The minimum atomic E-state index is -0.162. The molecule has 0 atom stereocenters. The van der Waals surface area contributed by atoms with E-state index in [-0.39, 0.29) is 18.4 Å². The Balaban J connectivity index is 2.61. The molecule has 1 rings (SSSR count). The zero-order chi connectivity index (χ0) is 18.1. The first-order valence-electron chi connectivity index (χ1n) is 8.77. The van der Waals surface area contributed by atoms with Crippen LogP contribution >= 0.6 is 0 Å². The molecular formula is C19H31N3O2. The van der Waals surface area contributed by atoms with Gasteiger partial charge >= 0.3 is 0 Å². The normalized spacial score (nSPS) is 10.6. The molecule has 0 aliphatic carbocycles. The van der Waals surface area contributed by atoms with Crippen molar-refractivity contribution < 1.29 is 9.59 Å². The quantitative estimate of drug-likeness (QED) is 0.754. The predicted octanol–water partition coefficient (Wildman–Crippen LogP) is 3.37. The Kier molecular flexibility index (Phi) is 8.30. The minimum Gasteiger partial charge on any atom is -0.372 e. The maximum atomic E-state index is 12.2. The van der Waals surface area contributed by atoms with E-state index in [1.54, 1.807) is 4.90 Å². The van der Waals surface area contributed by atoms with Crippen molar-refractivity contribution in [1.29, 1.82) is 0 Å². The maximum Gasteiger partial charge on any atom is 0.243 e. The third-order valence-electron chi connectivity index (χ3n) is 4.04. The van der Waals surface area contributed by atoms with E-state index in [2.05, 4.69) is 37.9 Å². The van der Waals surface area contributed by atoms with Crippen molar-refractivity contribution in [2.75, 3.05) is 36.4 Å². The zero-order valence-corrected chi connectivity index (χ0v) is 15.6. The predicted molar refractivity (Wildman–Crippen MR) is 100 cm³/mol. The van der Waals surface area contributed by atoms with Crippen molar-refractivity contribution in [3.8, 4) is 0 Å². The average molecular weight is 333 g/mol. The van der Waals surface area contributed by atoms with E-state index in [0.29, 0.717) is 12.5 Å². The fourth-order valence-electron chi connectivity index (χ4n) is 2.48. The van der Waals surface area contributed by atoms with Gasteiger partial charge < -0.3 is 15.1 Å². The van der Waals surface area contributed by atoms with Crippen LogP contribution in [0.4, 0.5) is 11.4 Å². The average Bonchev–Trinajstić information content (AvgIpc) is 2.53. The molecule has 0 aliphatic rings. The summed E-state index contributed by atoms with van der Waals surface area (Å²) in [4.78, 5) is 27.7. The van der Waals surface area contributed by atoms with Crippen LogP contribution < -0.4 is 10.2 Å². The first-order chi connectivity index (χ1) is 11.4. The molecular weight excluding hydrogens is 302 g/mol. The molecule has 0 fully saturated rings. The Bertz CT molecular complexity index is 522. The smallest absolute Gasteiger partial charge is 0.243 e. The highest BCUT2D eigenvalue weighted by Gasteiger charge is 2.14. The van der Waals surface area contributed by atoms with Crippen LogP contribution in [0.5, 0.6) is 0 Å². The van der Waals surface area contributed by atoms with Gasteiger partial charge in [-0.15, -0.1) is 0 Å². The van der Waals surface area contributed by atoms with Crippen LogP contribution in [0.1, 0.15) is 41.0 Å². The van der Waals surface area contributed by atoms with E-state index in [4.69, 9.17) is 0 Å².